The molecule has 0 aliphatic rings. The Bertz CT molecular complexity index is 487. The van der Waals surface area contributed by atoms with E-state index in [0.29, 0.717) is 17.8 Å². The maximum absolute atomic E-state index is 10.4. The summed E-state index contributed by atoms with van der Waals surface area (Å²) in [4.78, 5) is 10.4. The highest BCUT2D eigenvalue weighted by molar-refractivity contribution is 5.70. The zero-order valence-corrected chi connectivity index (χ0v) is 8.42. The number of carbonyl (C=O) groups is 1. The molecule has 4 nitrogen and oxygen atoms in total. The molecule has 1 aromatic carbocycles. The molecular formula is C12H10O4. The van der Waals surface area contributed by atoms with E-state index in [4.69, 9.17) is 9.15 Å². The minimum atomic E-state index is 0.0738. The van der Waals surface area contributed by atoms with Gasteiger partial charge in [0.05, 0.1) is 0 Å². The predicted molar refractivity (Wildman–Crippen MR) is 56.5 cm³/mol. The van der Waals surface area contributed by atoms with Crippen molar-refractivity contribution in [1.82, 2.24) is 0 Å². The van der Waals surface area contributed by atoms with Gasteiger partial charge in [0, 0.05) is 0 Å². The third kappa shape index (κ3) is 2.23. The molecule has 0 aliphatic carbocycles. The molecule has 0 bridgehead atoms. The molecule has 0 aliphatic heterocycles. The monoisotopic (exact) mass is 218 g/mol. The Balaban J connectivity index is 2.02. The van der Waals surface area contributed by atoms with Crippen molar-refractivity contribution in [2.24, 2.45) is 0 Å². The average molecular weight is 218 g/mol. The summed E-state index contributed by atoms with van der Waals surface area (Å²) in [5.74, 6) is 1.25. The normalized spacial score (nSPS) is 10.0. The number of ether oxygens (including phenoxy) is 1. The van der Waals surface area contributed by atoms with Crippen LogP contribution in [0.2, 0.25) is 0 Å². The van der Waals surface area contributed by atoms with Crippen LogP contribution in [0.25, 0.3) is 0 Å². The fraction of sp³-hybridized carbons (Fsp3) is 0.0833. The lowest BCUT2D eigenvalue weighted by Gasteiger charge is -2.05. The number of phenolic OH excluding ortho intramolecular Hbond substituents is 1. The van der Waals surface area contributed by atoms with Crippen molar-refractivity contribution in [3.63, 3.8) is 0 Å². The highest BCUT2D eigenvalue weighted by Gasteiger charge is 2.04. The molecule has 82 valence electrons. The maximum atomic E-state index is 10.4. The van der Waals surface area contributed by atoms with Gasteiger partial charge >= 0.3 is 0 Å². The molecule has 1 aromatic heterocycles. The van der Waals surface area contributed by atoms with E-state index in [1.807, 2.05) is 0 Å². The zero-order chi connectivity index (χ0) is 11.4. The van der Waals surface area contributed by atoms with Crippen LogP contribution >= 0.6 is 0 Å². The molecule has 1 heterocycles. The van der Waals surface area contributed by atoms with Crippen LogP contribution in [0.1, 0.15) is 16.3 Å². The Morgan fingerprint density at radius 1 is 1.25 bits per heavy atom. The van der Waals surface area contributed by atoms with Gasteiger partial charge in [-0.2, -0.15) is 0 Å². The Kier molecular flexibility index (Phi) is 2.91. The van der Waals surface area contributed by atoms with Crippen LogP contribution < -0.4 is 4.74 Å². The number of aromatic hydroxyl groups is 1. The Morgan fingerprint density at radius 3 is 2.75 bits per heavy atom. The van der Waals surface area contributed by atoms with Gasteiger partial charge < -0.3 is 14.3 Å². The van der Waals surface area contributed by atoms with Crippen molar-refractivity contribution < 1.29 is 19.1 Å². The topological polar surface area (TPSA) is 59.7 Å². The van der Waals surface area contributed by atoms with Gasteiger partial charge in [-0.15, -0.1) is 0 Å². The number of rotatable bonds is 4. The summed E-state index contributed by atoms with van der Waals surface area (Å²) in [7, 11) is 0. The molecule has 2 aromatic rings. The van der Waals surface area contributed by atoms with Crippen molar-refractivity contribution in [3.8, 4) is 11.5 Å². The minimum absolute atomic E-state index is 0.0738. The number of furan rings is 1. The highest BCUT2D eigenvalue weighted by atomic mass is 16.5. The molecule has 0 unspecified atom stereocenters. The quantitative estimate of drug-likeness (QED) is 0.800. The smallest absolute Gasteiger partial charge is 0.185 e. The first-order valence-electron chi connectivity index (χ1n) is 4.74. The lowest BCUT2D eigenvalue weighted by molar-refractivity contribution is 0.109. The summed E-state index contributed by atoms with van der Waals surface area (Å²) in [6.07, 6.45) is 0.628. The molecule has 2 rings (SSSR count). The second-order valence-corrected chi connectivity index (χ2v) is 3.18. The number of carbonyl (C=O) groups excluding carboxylic acids is 1. The summed E-state index contributed by atoms with van der Waals surface area (Å²) in [6.45, 7) is 0.172. The molecular weight excluding hydrogens is 208 g/mol. The van der Waals surface area contributed by atoms with Crippen molar-refractivity contribution >= 4 is 6.29 Å². The summed E-state index contributed by atoms with van der Waals surface area (Å²) in [6, 6.07) is 9.88. The van der Waals surface area contributed by atoms with Crippen LogP contribution in [0.5, 0.6) is 11.5 Å². The number of benzene rings is 1. The molecule has 0 fully saturated rings. The van der Waals surface area contributed by atoms with Gasteiger partial charge in [0.2, 0.25) is 0 Å². The Labute approximate surface area is 92.1 Å². The average Bonchev–Trinajstić information content (AvgIpc) is 2.76. The van der Waals surface area contributed by atoms with Crippen LogP contribution in [0.4, 0.5) is 0 Å². The molecule has 0 saturated heterocycles. The van der Waals surface area contributed by atoms with Crippen molar-refractivity contribution in [3.05, 3.63) is 47.9 Å². The Hall–Kier alpha value is -2.23. The van der Waals surface area contributed by atoms with E-state index >= 15 is 0 Å². The molecule has 1 N–H and O–H groups in total. The number of phenols is 1. The van der Waals surface area contributed by atoms with Gasteiger partial charge in [0.15, 0.2) is 23.5 Å². The molecule has 0 saturated carbocycles. The van der Waals surface area contributed by atoms with Gasteiger partial charge in [-0.3, -0.25) is 4.79 Å². The van der Waals surface area contributed by atoms with Gasteiger partial charge in [-0.1, -0.05) is 12.1 Å². The zero-order valence-electron chi connectivity index (χ0n) is 8.42. The van der Waals surface area contributed by atoms with E-state index in [2.05, 4.69) is 0 Å². The standard InChI is InChI=1S/C12H10O4/c13-7-9-5-6-10(16-9)8-15-12-4-2-1-3-11(12)14/h1-7,14H,8H2. The lowest BCUT2D eigenvalue weighted by Crippen LogP contribution is -1.93. The van der Waals surface area contributed by atoms with Crippen molar-refractivity contribution in [2.75, 3.05) is 0 Å². The van der Waals surface area contributed by atoms with Crippen LogP contribution in [-0.4, -0.2) is 11.4 Å². The van der Waals surface area contributed by atoms with E-state index in [9.17, 15) is 9.90 Å². The first-order chi connectivity index (χ1) is 7.79. The summed E-state index contributed by atoms with van der Waals surface area (Å²) in [5, 5.41) is 9.43. The molecule has 0 radical (unpaired) electrons. The number of aldehydes is 1. The minimum Gasteiger partial charge on any atom is -0.504 e. The second kappa shape index (κ2) is 4.53. The summed E-state index contributed by atoms with van der Waals surface area (Å²) in [5.41, 5.74) is 0. The van der Waals surface area contributed by atoms with Gasteiger partial charge in [0.1, 0.15) is 12.4 Å². The molecule has 16 heavy (non-hydrogen) atoms. The fourth-order valence-electron chi connectivity index (χ4n) is 1.26. The van der Waals surface area contributed by atoms with E-state index in [1.165, 1.54) is 6.07 Å². The largest absolute Gasteiger partial charge is 0.504 e. The van der Waals surface area contributed by atoms with E-state index < -0.39 is 0 Å². The highest BCUT2D eigenvalue weighted by Crippen LogP contribution is 2.25. The molecule has 0 amide bonds. The van der Waals surface area contributed by atoms with E-state index in [1.54, 1.807) is 30.3 Å². The van der Waals surface area contributed by atoms with Crippen LogP contribution in [0.3, 0.4) is 0 Å². The molecule has 0 atom stereocenters. The van der Waals surface area contributed by atoms with Crippen LogP contribution in [0, 0.1) is 0 Å². The number of para-hydroxylation sites is 2. The van der Waals surface area contributed by atoms with Gasteiger partial charge in [-0.05, 0) is 24.3 Å². The van der Waals surface area contributed by atoms with Crippen LogP contribution in [-0.2, 0) is 6.61 Å². The maximum Gasteiger partial charge on any atom is 0.185 e. The van der Waals surface area contributed by atoms with Crippen LogP contribution in [0.15, 0.2) is 40.8 Å². The van der Waals surface area contributed by atoms with E-state index in [0.717, 1.165) is 0 Å². The third-order valence-electron chi connectivity index (χ3n) is 2.03. The fourth-order valence-corrected chi connectivity index (χ4v) is 1.26. The predicted octanol–water partition coefficient (Wildman–Crippen LogP) is 2.38. The second-order valence-electron chi connectivity index (χ2n) is 3.18. The SMILES string of the molecule is O=Cc1ccc(COc2ccccc2O)o1. The van der Waals surface area contributed by atoms with Gasteiger partial charge in [0.25, 0.3) is 0 Å². The van der Waals surface area contributed by atoms with E-state index in [-0.39, 0.29) is 18.1 Å². The molecule has 0 spiro atoms. The van der Waals surface area contributed by atoms with Crippen molar-refractivity contribution in [2.45, 2.75) is 6.61 Å². The number of hydrogen-bond donors (Lipinski definition) is 1. The lowest BCUT2D eigenvalue weighted by atomic mass is 10.3. The summed E-state index contributed by atoms with van der Waals surface area (Å²) < 4.78 is 10.4. The first-order valence-corrected chi connectivity index (χ1v) is 4.74. The molecule has 4 heteroatoms. The van der Waals surface area contributed by atoms with Crippen molar-refractivity contribution in [1.29, 1.82) is 0 Å². The Morgan fingerprint density at radius 2 is 2.06 bits per heavy atom. The first kappa shape index (κ1) is 10.3. The summed E-state index contributed by atoms with van der Waals surface area (Å²) >= 11 is 0. The van der Waals surface area contributed by atoms with Gasteiger partial charge in [-0.25, -0.2) is 0 Å². The number of hydrogen-bond acceptors (Lipinski definition) is 4. The third-order valence-corrected chi connectivity index (χ3v) is 2.03.